The van der Waals surface area contributed by atoms with Crippen molar-refractivity contribution in [3.05, 3.63) is 12.2 Å². The zero-order chi connectivity index (χ0) is 17.3. The van der Waals surface area contributed by atoms with Crippen LogP contribution in [0.25, 0.3) is 0 Å². The van der Waals surface area contributed by atoms with Crippen molar-refractivity contribution in [2.75, 3.05) is 0 Å². The van der Waals surface area contributed by atoms with Gasteiger partial charge < -0.3 is 14.8 Å². The molecule has 0 fully saturated rings. The minimum Gasteiger partial charge on any atom is -0.518 e. The summed E-state index contributed by atoms with van der Waals surface area (Å²) >= 11 is 0. The maximum Gasteiger partial charge on any atom is 0.315 e. The Morgan fingerprint density at radius 1 is 1.18 bits per heavy atom. The van der Waals surface area contributed by atoms with E-state index in [1.807, 2.05) is 20.8 Å². The highest BCUT2D eigenvalue weighted by Gasteiger charge is 2.35. The molecule has 0 unspecified atom stereocenters. The second-order valence-corrected chi connectivity index (χ2v) is 10.1. The smallest absolute Gasteiger partial charge is 0.315 e. The Balaban J connectivity index is 5.05. The fourth-order valence-electron chi connectivity index (χ4n) is 2.05. The fraction of sp³-hybridized carbons (Fsp3) is 0.667. The first-order valence-corrected chi connectivity index (χ1v) is 10.1. The van der Waals surface area contributed by atoms with Crippen molar-refractivity contribution in [2.24, 2.45) is 0 Å². The second-order valence-electron chi connectivity index (χ2n) is 5.40. The number of aliphatic carboxylic acids is 1. The summed E-state index contributed by atoms with van der Waals surface area (Å²) in [5.74, 6) is -2.02. The molecule has 0 aromatic carbocycles. The Hall–Kier alpha value is -1.63. The molecule has 0 aromatic rings. The van der Waals surface area contributed by atoms with E-state index in [9.17, 15) is 14.4 Å². The quantitative estimate of drug-likeness (QED) is 0.474. The Labute approximate surface area is 133 Å². The van der Waals surface area contributed by atoms with Crippen LogP contribution in [-0.4, -0.2) is 37.3 Å². The Kier molecular flexibility index (Phi) is 8.70. The van der Waals surface area contributed by atoms with Crippen molar-refractivity contribution in [3.8, 4) is 0 Å². The fourth-order valence-corrected chi connectivity index (χ4v) is 4.55. The SMILES string of the molecule is C=C(C)C(=O)N[C@@H](CCC(=O)O)C(=O)O[Si](CC)(CC)CC. The molecule has 0 aliphatic carbocycles. The van der Waals surface area contributed by atoms with Crippen molar-refractivity contribution in [2.45, 2.75) is 64.7 Å². The van der Waals surface area contributed by atoms with Gasteiger partial charge in [0, 0.05) is 12.0 Å². The van der Waals surface area contributed by atoms with Gasteiger partial charge in [-0.25, -0.2) is 0 Å². The van der Waals surface area contributed by atoms with E-state index in [4.69, 9.17) is 9.53 Å². The predicted octanol–water partition coefficient (Wildman–Crippen LogP) is 2.46. The minimum absolute atomic E-state index is 0.00874. The standard InChI is InChI=1S/C15H27NO5Si/c1-6-22(7-2,8-3)21-15(20)12(9-10-13(17)18)16-14(19)11(4)5/h12H,4,6-10H2,1-3,5H3,(H,16,19)(H,17,18)/t12-/m0/s1. The van der Waals surface area contributed by atoms with Crippen molar-refractivity contribution in [1.82, 2.24) is 5.32 Å². The van der Waals surface area contributed by atoms with Crippen LogP contribution < -0.4 is 5.32 Å². The number of hydrogen-bond donors (Lipinski definition) is 2. The van der Waals surface area contributed by atoms with Gasteiger partial charge in [-0.2, -0.15) is 0 Å². The van der Waals surface area contributed by atoms with Gasteiger partial charge in [0.05, 0.1) is 0 Å². The molecule has 0 saturated heterocycles. The molecule has 0 heterocycles. The number of hydrogen-bond acceptors (Lipinski definition) is 4. The van der Waals surface area contributed by atoms with Crippen LogP contribution in [0.5, 0.6) is 0 Å². The summed E-state index contributed by atoms with van der Waals surface area (Å²) in [6.07, 6.45) is -0.204. The number of amides is 1. The summed E-state index contributed by atoms with van der Waals surface area (Å²) in [5.41, 5.74) is 0.262. The predicted molar refractivity (Wildman–Crippen MR) is 86.9 cm³/mol. The summed E-state index contributed by atoms with van der Waals surface area (Å²) in [5, 5.41) is 11.3. The first-order chi connectivity index (χ1) is 10.2. The maximum absolute atomic E-state index is 12.4. The Bertz CT molecular complexity index is 423. The molecular formula is C15H27NO5Si. The largest absolute Gasteiger partial charge is 0.518 e. The monoisotopic (exact) mass is 329 g/mol. The number of carboxylic acids is 1. The lowest BCUT2D eigenvalue weighted by molar-refractivity contribution is -0.141. The number of rotatable bonds is 10. The molecule has 2 N–H and O–H groups in total. The lowest BCUT2D eigenvalue weighted by atomic mass is 10.1. The lowest BCUT2D eigenvalue weighted by Gasteiger charge is -2.30. The summed E-state index contributed by atoms with van der Waals surface area (Å²) in [4.78, 5) is 34.8. The van der Waals surface area contributed by atoms with Gasteiger partial charge in [0.2, 0.25) is 5.91 Å². The van der Waals surface area contributed by atoms with Crippen LogP contribution in [-0.2, 0) is 18.8 Å². The molecular weight excluding hydrogens is 302 g/mol. The van der Waals surface area contributed by atoms with Gasteiger partial charge in [-0.1, -0.05) is 27.4 Å². The molecule has 0 saturated carbocycles. The Morgan fingerprint density at radius 2 is 1.68 bits per heavy atom. The van der Waals surface area contributed by atoms with E-state index in [1.54, 1.807) is 0 Å². The normalized spacial score (nSPS) is 12.4. The van der Waals surface area contributed by atoms with Crippen LogP contribution in [0.15, 0.2) is 12.2 Å². The highest BCUT2D eigenvalue weighted by atomic mass is 28.4. The first kappa shape index (κ1) is 20.4. The highest BCUT2D eigenvalue weighted by Crippen LogP contribution is 2.22. The lowest BCUT2D eigenvalue weighted by Crippen LogP contribution is -2.48. The van der Waals surface area contributed by atoms with Crippen LogP contribution in [0.4, 0.5) is 0 Å². The topological polar surface area (TPSA) is 92.7 Å². The molecule has 6 nitrogen and oxygen atoms in total. The van der Waals surface area contributed by atoms with Gasteiger partial charge in [0.15, 0.2) is 0 Å². The third-order valence-electron chi connectivity index (χ3n) is 3.87. The summed E-state index contributed by atoms with van der Waals surface area (Å²) in [6, 6.07) is 1.44. The van der Waals surface area contributed by atoms with Crippen LogP contribution in [0.2, 0.25) is 18.1 Å². The average molecular weight is 329 g/mol. The van der Waals surface area contributed by atoms with E-state index >= 15 is 0 Å². The number of carbonyl (C=O) groups is 3. The average Bonchev–Trinajstić information content (AvgIpc) is 2.48. The minimum atomic E-state index is -2.15. The Morgan fingerprint density at radius 3 is 2.05 bits per heavy atom. The van der Waals surface area contributed by atoms with Crippen molar-refractivity contribution >= 4 is 26.2 Å². The van der Waals surface area contributed by atoms with E-state index in [0.29, 0.717) is 0 Å². The van der Waals surface area contributed by atoms with E-state index in [-0.39, 0.29) is 18.4 Å². The molecule has 1 amide bonds. The van der Waals surface area contributed by atoms with E-state index < -0.39 is 32.2 Å². The van der Waals surface area contributed by atoms with Gasteiger partial charge in [0.25, 0.3) is 8.32 Å². The van der Waals surface area contributed by atoms with Crippen LogP contribution in [0.3, 0.4) is 0 Å². The van der Waals surface area contributed by atoms with Crippen LogP contribution in [0.1, 0.15) is 40.5 Å². The molecule has 22 heavy (non-hydrogen) atoms. The summed E-state index contributed by atoms with van der Waals surface area (Å²) in [6.45, 7) is 11.0. The molecule has 0 aliphatic rings. The van der Waals surface area contributed by atoms with Crippen molar-refractivity contribution < 1.29 is 23.9 Å². The number of nitrogens with one attached hydrogen (secondary N) is 1. The summed E-state index contributed by atoms with van der Waals surface area (Å²) in [7, 11) is -2.15. The zero-order valence-corrected chi connectivity index (χ0v) is 14.9. The van der Waals surface area contributed by atoms with E-state index in [2.05, 4.69) is 11.9 Å². The van der Waals surface area contributed by atoms with Crippen LogP contribution in [0, 0.1) is 0 Å². The molecule has 0 spiro atoms. The van der Waals surface area contributed by atoms with Gasteiger partial charge >= 0.3 is 11.9 Å². The number of carbonyl (C=O) groups excluding carboxylic acids is 2. The number of carboxylic acid groups (broad SMARTS) is 1. The van der Waals surface area contributed by atoms with Gasteiger partial charge in [-0.3, -0.25) is 14.4 Å². The van der Waals surface area contributed by atoms with Crippen LogP contribution >= 0.6 is 0 Å². The van der Waals surface area contributed by atoms with E-state index in [1.165, 1.54) is 6.92 Å². The highest BCUT2D eigenvalue weighted by molar-refractivity contribution is 6.75. The molecule has 0 rings (SSSR count). The van der Waals surface area contributed by atoms with Crippen molar-refractivity contribution in [3.63, 3.8) is 0 Å². The molecule has 0 aromatic heterocycles. The molecule has 0 aliphatic heterocycles. The third-order valence-corrected chi connectivity index (χ3v) is 8.37. The first-order valence-electron chi connectivity index (χ1n) is 7.62. The molecule has 126 valence electrons. The van der Waals surface area contributed by atoms with Gasteiger partial charge in [-0.05, 0) is 31.5 Å². The van der Waals surface area contributed by atoms with Gasteiger partial charge in [-0.15, -0.1) is 0 Å². The summed E-state index contributed by atoms with van der Waals surface area (Å²) < 4.78 is 5.72. The van der Waals surface area contributed by atoms with E-state index in [0.717, 1.165) is 18.1 Å². The molecule has 1 atom stereocenters. The third kappa shape index (κ3) is 6.42. The maximum atomic E-state index is 12.4. The molecule has 0 radical (unpaired) electrons. The molecule has 7 heteroatoms. The second kappa shape index (κ2) is 9.40. The zero-order valence-electron chi connectivity index (χ0n) is 13.9. The van der Waals surface area contributed by atoms with Crippen molar-refractivity contribution in [1.29, 1.82) is 0 Å². The molecule has 0 bridgehead atoms. The van der Waals surface area contributed by atoms with Gasteiger partial charge in [0.1, 0.15) is 6.04 Å².